The first-order chi connectivity index (χ1) is 9.70. The van der Waals surface area contributed by atoms with Crippen molar-refractivity contribution in [1.29, 1.82) is 0 Å². The SMILES string of the molecule is CCc1ccccc1N[C@@H](C)C(=O)Nc1ccccc1. The van der Waals surface area contributed by atoms with Gasteiger partial charge in [0.05, 0.1) is 0 Å². The minimum absolute atomic E-state index is 0.0397. The van der Waals surface area contributed by atoms with Crippen molar-refractivity contribution in [3.8, 4) is 0 Å². The molecule has 0 unspecified atom stereocenters. The predicted octanol–water partition coefficient (Wildman–Crippen LogP) is 3.69. The van der Waals surface area contributed by atoms with E-state index in [0.29, 0.717) is 0 Å². The zero-order valence-corrected chi connectivity index (χ0v) is 11.9. The molecule has 3 heteroatoms. The number of rotatable bonds is 5. The van der Waals surface area contributed by atoms with Gasteiger partial charge in [0.25, 0.3) is 0 Å². The maximum Gasteiger partial charge on any atom is 0.246 e. The first-order valence-corrected chi connectivity index (χ1v) is 6.91. The Morgan fingerprint density at radius 2 is 1.70 bits per heavy atom. The van der Waals surface area contributed by atoms with Crippen molar-refractivity contribution in [3.05, 3.63) is 60.2 Å². The summed E-state index contributed by atoms with van der Waals surface area (Å²) in [5.74, 6) is -0.0397. The smallest absolute Gasteiger partial charge is 0.246 e. The summed E-state index contributed by atoms with van der Waals surface area (Å²) >= 11 is 0. The molecule has 2 N–H and O–H groups in total. The molecule has 2 aromatic carbocycles. The van der Waals surface area contributed by atoms with Gasteiger partial charge in [-0.15, -0.1) is 0 Å². The quantitative estimate of drug-likeness (QED) is 0.868. The standard InChI is InChI=1S/C17H20N2O/c1-3-14-9-7-8-12-16(14)18-13(2)17(20)19-15-10-5-4-6-11-15/h4-13,18H,3H2,1-2H3,(H,19,20)/t13-/m0/s1. The molecule has 1 atom stereocenters. The second-order valence-electron chi connectivity index (χ2n) is 4.73. The number of nitrogens with one attached hydrogen (secondary N) is 2. The van der Waals surface area contributed by atoms with Gasteiger partial charge in [-0.05, 0) is 37.1 Å². The van der Waals surface area contributed by atoms with Crippen LogP contribution >= 0.6 is 0 Å². The lowest BCUT2D eigenvalue weighted by molar-refractivity contribution is -0.116. The largest absolute Gasteiger partial charge is 0.374 e. The molecule has 3 nitrogen and oxygen atoms in total. The molecule has 0 saturated carbocycles. The molecule has 0 aliphatic rings. The molecule has 0 bridgehead atoms. The van der Waals surface area contributed by atoms with E-state index in [1.807, 2.05) is 55.5 Å². The number of carbonyl (C=O) groups excluding carboxylic acids is 1. The highest BCUT2D eigenvalue weighted by Crippen LogP contribution is 2.17. The lowest BCUT2D eigenvalue weighted by atomic mass is 10.1. The van der Waals surface area contributed by atoms with Crippen LogP contribution in [0.5, 0.6) is 0 Å². The summed E-state index contributed by atoms with van der Waals surface area (Å²) in [4.78, 5) is 12.1. The fourth-order valence-corrected chi connectivity index (χ4v) is 2.04. The van der Waals surface area contributed by atoms with E-state index in [4.69, 9.17) is 0 Å². The summed E-state index contributed by atoms with van der Waals surface area (Å²) in [6.45, 7) is 3.97. The Hall–Kier alpha value is -2.29. The zero-order valence-electron chi connectivity index (χ0n) is 11.9. The Kier molecular flexibility index (Phi) is 4.77. The van der Waals surface area contributed by atoms with Crippen LogP contribution in [-0.2, 0) is 11.2 Å². The van der Waals surface area contributed by atoms with Crippen molar-refractivity contribution in [2.24, 2.45) is 0 Å². The van der Waals surface area contributed by atoms with E-state index >= 15 is 0 Å². The van der Waals surface area contributed by atoms with Crippen molar-refractivity contribution in [3.63, 3.8) is 0 Å². The molecule has 0 radical (unpaired) electrons. The van der Waals surface area contributed by atoms with Crippen LogP contribution in [0.15, 0.2) is 54.6 Å². The van der Waals surface area contributed by atoms with Crippen LogP contribution < -0.4 is 10.6 Å². The van der Waals surface area contributed by atoms with Crippen LogP contribution in [0, 0.1) is 0 Å². The molecule has 0 aliphatic heterocycles. The van der Waals surface area contributed by atoms with Gasteiger partial charge >= 0.3 is 0 Å². The van der Waals surface area contributed by atoms with Gasteiger partial charge < -0.3 is 10.6 Å². The van der Waals surface area contributed by atoms with Crippen molar-refractivity contribution >= 4 is 17.3 Å². The minimum atomic E-state index is -0.289. The Labute approximate surface area is 120 Å². The van der Waals surface area contributed by atoms with Crippen molar-refractivity contribution in [1.82, 2.24) is 0 Å². The Morgan fingerprint density at radius 3 is 2.40 bits per heavy atom. The summed E-state index contributed by atoms with van der Waals surface area (Å²) in [7, 11) is 0. The van der Waals surface area contributed by atoms with Crippen molar-refractivity contribution < 1.29 is 4.79 Å². The van der Waals surface area contributed by atoms with E-state index in [1.54, 1.807) is 0 Å². The Bertz CT molecular complexity index is 566. The van der Waals surface area contributed by atoms with E-state index in [9.17, 15) is 4.79 Å². The second kappa shape index (κ2) is 6.75. The molecular weight excluding hydrogens is 248 g/mol. The summed E-state index contributed by atoms with van der Waals surface area (Å²) in [6.07, 6.45) is 0.941. The van der Waals surface area contributed by atoms with E-state index in [-0.39, 0.29) is 11.9 Å². The summed E-state index contributed by atoms with van der Waals surface area (Å²) in [5, 5.41) is 6.17. The lowest BCUT2D eigenvalue weighted by Crippen LogP contribution is -2.32. The molecule has 0 heterocycles. The van der Waals surface area contributed by atoms with Gasteiger partial charge in [-0.3, -0.25) is 4.79 Å². The van der Waals surface area contributed by atoms with Gasteiger partial charge in [0, 0.05) is 11.4 Å². The number of carbonyl (C=O) groups is 1. The number of amides is 1. The maximum atomic E-state index is 12.1. The Balaban J connectivity index is 2.01. The average Bonchev–Trinajstić information content (AvgIpc) is 2.48. The third-order valence-electron chi connectivity index (χ3n) is 3.20. The molecule has 0 aliphatic carbocycles. The molecule has 1 amide bonds. The van der Waals surface area contributed by atoms with E-state index < -0.39 is 0 Å². The van der Waals surface area contributed by atoms with E-state index in [0.717, 1.165) is 17.8 Å². The number of hydrogen-bond donors (Lipinski definition) is 2. The third-order valence-corrected chi connectivity index (χ3v) is 3.20. The van der Waals surface area contributed by atoms with Gasteiger partial charge in [-0.25, -0.2) is 0 Å². The van der Waals surface area contributed by atoms with Gasteiger partial charge in [0.15, 0.2) is 0 Å². The number of aryl methyl sites for hydroxylation is 1. The number of anilines is 2. The molecule has 0 spiro atoms. The topological polar surface area (TPSA) is 41.1 Å². The lowest BCUT2D eigenvalue weighted by Gasteiger charge is -2.17. The van der Waals surface area contributed by atoms with Crippen LogP contribution in [0.25, 0.3) is 0 Å². The third kappa shape index (κ3) is 3.60. The minimum Gasteiger partial charge on any atom is -0.374 e. The summed E-state index contributed by atoms with van der Waals surface area (Å²) in [5.41, 5.74) is 3.05. The normalized spacial score (nSPS) is 11.7. The average molecular weight is 268 g/mol. The first-order valence-electron chi connectivity index (χ1n) is 6.91. The highest BCUT2D eigenvalue weighted by molar-refractivity contribution is 5.96. The fourth-order valence-electron chi connectivity index (χ4n) is 2.04. The second-order valence-corrected chi connectivity index (χ2v) is 4.73. The molecule has 0 saturated heterocycles. The Morgan fingerprint density at radius 1 is 1.05 bits per heavy atom. The molecule has 2 aromatic rings. The molecule has 20 heavy (non-hydrogen) atoms. The molecule has 0 fully saturated rings. The van der Waals surface area contributed by atoms with Crippen molar-refractivity contribution in [2.75, 3.05) is 10.6 Å². The number of hydrogen-bond acceptors (Lipinski definition) is 2. The molecule has 2 rings (SSSR count). The van der Waals surface area contributed by atoms with Crippen LogP contribution in [0.2, 0.25) is 0 Å². The van der Waals surface area contributed by atoms with Gasteiger partial charge in [0.2, 0.25) is 5.91 Å². The highest BCUT2D eigenvalue weighted by atomic mass is 16.2. The van der Waals surface area contributed by atoms with E-state index in [1.165, 1.54) is 5.56 Å². The van der Waals surface area contributed by atoms with Gasteiger partial charge in [-0.1, -0.05) is 43.3 Å². The maximum absolute atomic E-state index is 12.1. The van der Waals surface area contributed by atoms with Gasteiger partial charge in [0.1, 0.15) is 6.04 Å². The first kappa shape index (κ1) is 14.1. The van der Waals surface area contributed by atoms with Gasteiger partial charge in [-0.2, -0.15) is 0 Å². The van der Waals surface area contributed by atoms with E-state index in [2.05, 4.69) is 23.6 Å². The summed E-state index contributed by atoms with van der Waals surface area (Å²) < 4.78 is 0. The zero-order chi connectivity index (χ0) is 14.4. The molecule has 104 valence electrons. The van der Waals surface area contributed by atoms with Crippen molar-refractivity contribution in [2.45, 2.75) is 26.3 Å². The highest BCUT2D eigenvalue weighted by Gasteiger charge is 2.13. The van der Waals surface area contributed by atoms with Crippen LogP contribution in [-0.4, -0.2) is 11.9 Å². The molecule has 0 aromatic heterocycles. The van der Waals surface area contributed by atoms with Crippen LogP contribution in [0.1, 0.15) is 19.4 Å². The summed E-state index contributed by atoms with van der Waals surface area (Å²) in [6, 6.07) is 17.3. The van der Waals surface area contributed by atoms with Crippen LogP contribution in [0.3, 0.4) is 0 Å². The molecular formula is C17H20N2O. The fraction of sp³-hybridized carbons (Fsp3) is 0.235. The number of para-hydroxylation sites is 2. The predicted molar refractivity (Wildman–Crippen MR) is 84.0 cm³/mol. The monoisotopic (exact) mass is 268 g/mol. The van der Waals surface area contributed by atoms with Crippen LogP contribution in [0.4, 0.5) is 11.4 Å². The number of benzene rings is 2.